The van der Waals surface area contributed by atoms with Gasteiger partial charge in [0.1, 0.15) is 18.4 Å². The zero-order valence-corrected chi connectivity index (χ0v) is 21.3. The third-order valence-corrected chi connectivity index (χ3v) is 6.59. The molecule has 9 heteroatoms. The first-order valence-electron chi connectivity index (χ1n) is 10.3. The molecule has 1 amide bonds. The number of halogens is 2. The van der Waals surface area contributed by atoms with E-state index in [0.29, 0.717) is 10.8 Å². The quantitative estimate of drug-likeness (QED) is 0.489. The number of rotatable bonds is 9. The normalized spacial score (nSPS) is 12.8. The number of hydrogen-bond donors (Lipinski definition) is 1. The third kappa shape index (κ3) is 7.02. The Labute approximate surface area is 200 Å². The van der Waals surface area contributed by atoms with Crippen LogP contribution in [0.15, 0.2) is 42.5 Å². The molecular weight excluding hydrogens is 471 g/mol. The van der Waals surface area contributed by atoms with E-state index in [9.17, 15) is 13.2 Å². The summed E-state index contributed by atoms with van der Waals surface area (Å²) in [4.78, 5) is 12.8. The fourth-order valence-corrected chi connectivity index (χ4v) is 4.84. The Bertz CT molecular complexity index is 1030. The summed E-state index contributed by atoms with van der Waals surface area (Å²) in [5.41, 5.74) is 1.42. The molecule has 2 aromatic rings. The highest BCUT2D eigenvalue weighted by Gasteiger charge is 2.32. The molecule has 6 nitrogen and oxygen atoms in total. The van der Waals surface area contributed by atoms with Gasteiger partial charge in [0, 0.05) is 5.02 Å². The van der Waals surface area contributed by atoms with Crippen LogP contribution in [-0.2, 0) is 20.2 Å². The maximum absolute atomic E-state index is 12.8. The summed E-state index contributed by atoms with van der Waals surface area (Å²) in [6.45, 7) is 8.61. The van der Waals surface area contributed by atoms with E-state index in [1.807, 2.05) is 24.3 Å². The predicted molar refractivity (Wildman–Crippen MR) is 132 cm³/mol. The van der Waals surface area contributed by atoms with Gasteiger partial charge in [-0.1, -0.05) is 63.0 Å². The molecule has 1 unspecified atom stereocenters. The van der Waals surface area contributed by atoms with Gasteiger partial charge >= 0.3 is 0 Å². The van der Waals surface area contributed by atoms with Gasteiger partial charge in [-0.2, -0.15) is 0 Å². The molecule has 0 spiro atoms. The number of ether oxygens (including phenoxy) is 1. The summed E-state index contributed by atoms with van der Waals surface area (Å²) in [6, 6.07) is 11.3. The number of nitrogens with zero attached hydrogens (tertiary/aromatic N) is 1. The van der Waals surface area contributed by atoms with Crippen molar-refractivity contribution in [2.24, 2.45) is 0 Å². The van der Waals surface area contributed by atoms with Crippen LogP contribution in [0.3, 0.4) is 0 Å². The number of carbonyl (C=O) groups excluding carboxylic acids is 1. The number of hydrogen-bond acceptors (Lipinski definition) is 4. The summed E-state index contributed by atoms with van der Waals surface area (Å²) in [5.74, 6) is 0.253. The van der Waals surface area contributed by atoms with Crippen LogP contribution in [0.1, 0.15) is 39.7 Å². The van der Waals surface area contributed by atoms with E-state index >= 15 is 0 Å². The van der Waals surface area contributed by atoms with Crippen LogP contribution < -0.4 is 14.4 Å². The number of anilines is 1. The molecule has 0 bridgehead atoms. The topological polar surface area (TPSA) is 75.7 Å². The van der Waals surface area contributed by atoms with E-state index in [1.165, 1.54) is 17.7 Å². The molecule has 1 atom stereocenters. The first-order valence-corrected chi connectivity index (χ1v) is 12.9. The molecule has 0 fully saturated rings. The van der Waals surface area contributed by atoms with Crippen molar-refractivity contribution in [1.29, 1.82) is 0 Å². The third-order valence-electron chi connectivity index (χ3n) is 4.87. The van der Waals surface area contributed by atoms with Crippen molar-refractivity contribution in [2.45, 2.75) is 45.6 Å². The fraction of sp³-hybridized carbons (Fsp3) is 0.435. The summed E-state index contributed by atoms with van der Waals surface area (Å²) in [5, 5.41) is 3.26. The predicted octanol–water partition coefficient (Wildman–Crippen LogP) is 5.03. The van der Waals surface area contributed by atoms with Crippen LogP contribution in [0, 0.1) is 0 Å². The number of carbonyl (C=O) groups is 1. The van der Waals surface area contributed by atoms with Crippen LogP contribution >= 0.6 is 23.2 Å². The van der Waals surface area contributed by atoms with Gasteiger partial charge in [0.05, 0.1) is 23.5 Å². The monoisotopic (exact) mass is 500 g/mol. The first-order chi connectivity index (χ1) is 14.8. The van der Waals surface area contributed by atoms with Crippen molar-refractivity contribution >= 4 is 44.8 Å². The Morgan fingerprint density at radius 2 is 1.75 bits per heavy atom. The van der Waals surface area contributed by atoms with Gasteiger partial charge in [-0.25, -0.2) is 8.42 Å². The van der Waals surface area contributed by atoms with Crippen LogP contribution in [0.2, 0.25) is 10.0 Å². The maximum Gasteiger partial charge on any atom is 0.244 e. The highest BCUT2D eigenvalue weighted by atomic mass is 35.5. The summed E-state index contributed by atoms with van der Waals surface area (Å²) < 4.78 is 31.8. The van der Waals surface area contributed by atoms with Crippen LogP contribution in [0.4, 0.5) is 5.69 Å². The van der Waals surface area contributed by atoms with E-state index in [2.05, 4.69) is 26.1 Å². The average molecular weight is 501 g/mol. The summed E-state index contributed by atoms with van der Waals surface area (Å²) >= 11 is 12.3. The van der Waals surface area contributed by atoms with Gasteiger partial charge < -0.3 is 10.1 Å². The standard InChI is InChI=1S/C23H30Cl2N2O4S/c1-6-20(27(32(5,29)30)21-15-17(24)9-12-19(21)25)22(28)26-13-14-31-18-10-7-16(8-11-18)23(2,3)4/h7-12,15,20H,6,13-14H2,1-5H3,(H,26,28). The molecule has 0 heterocycles. The molecule has 2 aromatic carbocycles. The van der Waals surface area contributed by atoms with Gasteiger partial charge in [-0.15, -0.1) is 0 Å². The fourth-order valence-electron chi connectivity index (χ4n) is 3.20. The molecule has 0 aliphatic carbocycles. The van der Waals surface area contributed by atoms with Crippen molar-refractivity contribution in [2.75, 3.05) is 23.7 Å². The van der Waals surface area contributed by atoms with Crippen molar-refractivity contribution in [1.82, 2.24) is 5.32 Å². The lowest BCUT2D eigenvalue weighted by atomic mass is 9.87. The molecule has 0 saturated carbocycles. The van der Waals surface area contributed by atoms with Gasteiger partial charge in [0.15, 0.2) is 0 Å². The van der Waals surface area contributed by atoms with Crippen LogP contribution in [-0.4, -0.2) is 39.8 Å². The SMILES string of the molecule is CCC(C(=O)NCCOc1ccc(C(C)(C)C)cc1)N(c1cc(Cl)ccc1Cl)S(C)(=O)=O. The minimum atomic E-state index is -3.81. The second-order valence-electron chi connectivity index (χ2n) is 8.49. The number of amides is 1. The zero-order valence-electron chi connectivity index (χ0n) is 19.0. The highest BCUT2D eigenvalue weighted by Crippen LogP contribution is 2.33. The molecule has 32 heavy (non-hydrogen) atoms. The highest BCUT2D eigenvalue weighted by molar-refractivity contribution is 7.92. The van der Waals surface area contributed by atoms with Crippen molar-refractivity contribution in [3.63, 3.8) is 0 Å². The van der Waals surface area contributed by atoms with E-state index < -0.39 is 22.0 Å². The first kappa shape index (κ1) is 26.3. The molecule has 0 saturated heterocycles. The molecule has 2 rings (SSSR count). The van der Waals surface area contributed by atoms with E-state index in [0.717, 1.165) is 10.6 Å². The molecule has 0 aliphatic heterocycles. The number of nitrogens with one attached hydrogen (secondary N) is 1. The molecule has 176 valence electrons. The van der Waals surface area contributed by atoms with Crippen molar-refractivity contribution in [3.05, 3.63) is 58.1 Å². The van der Waals surface area contributed by atoms with Crippen LogP contribution in [0.25, 0.3) is 0 Å². The lowest BCUT2D eigenvalue weighted by molar-refractivity contribution is -0.122. The minimum Gasteiger partial charge on any atom is -0.492 e. The Morgan fingerprint density at radius 1 is 1.12 bits per heavy atom. The van der Waals surface area contributed by atoms with Crippen molar-refractivity contribution in [3.8, 4) is 5.75 Å². The largest absolute Gasteiger partial charge is 0.492 e. The lowest BCUT2D eigenvalue weighted by Crippen LogP contribution is -2.50. The van der Waals surface area contributed by atoms with Crippen molar-refractivity contribution < 1.29 is 17.9 Å². The van der Waals surface area contributed by atoms with E-state index in [-0.39, 0.29) is 35.7 Å². The average Bonchev–Trinajstić information content (AvgIpc) is 2.70. The van der Waals surface area contributed by atoms with E-state index in [1.54, 1.807) is 13.0 Å². The van der Waals surface area contributed by atoms with Gasteiger partial charge in [-0.05, 0) is 47.7 Å². The molecule has 0 radical (unpaired) electrons. The summed E-state index contributed by atoms with van der Waals surface area (Å²) in [7, 11) is -3.81. The molecular formula is C23H30Cl2N2O4S. The minimum absolute atomic E-state index is 0.0546. The molecule has 0 aliphatic rings. The van der Waals surface area contributed by atoms with Crippen LogP contribution in [0.5, 0.6) is 5.75 Å². The lowest BCUT2D eigenvalue weighted by Gasteiger charge is -2.30. The Balaban J connectivity index is 2.05. The smallest absolute Gasteiger partial charge is 0.244 e. The summed E-state index contributed by atoms with van der Waals surface area (Å²) in [6.07, 6.45) is 1.28. The number of benzene rings is 2. The second-order valence-corrected chi connectivity index (χ2v) is 11.2. The Morgan fingerprint density at radius 3 is 2.28 bits per heavy atom. The van der Waals surface area contributed by atoms with Gasteiger partial charge in [0.25, 0.3) is 0 Å². The zero-order chi connectivity index (χ0) is 24.1. The van der Waals surface area contributed by atoms with Gasteiger partial charge in [-0.3, -0.25) is 9.10 Å². The second kappa shape index (κ2) is 10.8. The Hall–Kier alpha value is -1.96. The molecule has 0 aromatic heterocycles. The molecule has 1 N–H and O–H groups in total. The van der Waals surface area contributed by atoms with E-state index in [4.69, 9.17) is 27.9 Å². The van der Waals surface area contributed by atoms with Gasteiger partial charge in [0.2, 0.25) is 15.9 Å². The Kier molecular flexibility index (Phi) is 8.85. The number of sulfonamides is 1. The maximum atomic E-state index is 12.8.